The standard InChI is InChI=1S/C15H18O4/c1-17-11-4-5-12-13(16)8-14(19-15(12)7-11)10-3-2-6-18-9-10/h4-5,7,10,14H,2-3,6,8-9H2,1H3. The van der Waals surface area contributed by atoms with Crippen molar-refractivity contribution in [1.29, 1.82) is 0 Å². The number of hydrogen-bond acceptors (Lipinski definition) is 4. The normalized spacial score (nSPS) is 26.5. The molecule has 0 bridgehead atoms. The highest BCUT2D eigenvalue weighted by Gasteiger charge is 2.33. The van der Waals surface area contributed by atoms with Crippen LogP contribution in [0.1, 0.15) is 29.6 Å². The minimum absolute atomic E-state index is 0.0626. The molecule has 0 amide bonds. The number of fused-ring (bicyclic) bond motifs is 1. The Balaban J connectivity index is 1.83. The van der Waals surface area contributed by atoms with Crippen molar-refractivity contribution >= 4 is 5.78 Å². The molecule has 4 heteroatoms. The van der Waals surface area contributed by atoms with Crippen molar-refractivity contribution in [3.8, 4) is 11.5 Å². The second-order valence-corrected chi connectivity index (χ2v) is 5.12. The van der Waals surface area contributed by atoms with Crippen molar-refractivity contribution in [2.75, 3.05) is 20.3 Å². The number of rotatable bonds is 2. The molecule has 3 rings (SSSR count). The SMILES string of the molecule is COc1ccc2c(c1)OC(C1CCCOC1)CC2=O. The predicted molar refractivity (Wildman–Crippen MR) is 69.9 cm³/mol. The van der Waals surface area contributed by atoms with Gasteiger partial charge < -0.3 is 14.2 Å². The molecule has 0 spiro atoms. The van der Waals surface area contributed by atoms with Gasteiger partial charge in [-0.1, -0.05) is 0 Å². The number of carbonyl (C=O) groups is 1. The summed E-state index contributed by atoms with van der Waals surface area (Å²) in [7, 11) is 1.61. The Kier molecular flexibility index (Phi) is 3.42. The van der Waals surface area contributed by atoms with Gasteiger partial charge in [-0.3, -0.25) is 4.79 Å². The molecule has 4 nitrogen and oxygen atoms in total. The zero-order chi connectivity index (χ0) is 13.2. The van der Waals surface area contributed by atoms with Crippen LogP contribution >= 0.6 is 0 Å². The second-order valence-electron chi connectivity index (χ2n) is 5.12. The molecule has 0 aliphatic carbocycles. The summed E-state index contributed by atoms with van der Waals surface area (Å²) >= 11 is 0. The van der Waals surface area contributed by atoms with Crippen LogP contribution in [-0.4, -0.2) is 32.2 Å². The van der Waals surface area contributed by atoms with Crippen LogP contribution in [0.5, 0.6) is 11.5 Å². The molecule has 2 unspecified atom stereocenters. The largest absolute Gasteiger partial charge is 0.497 e. The van der Waals surface area contributed by atoms with Crippen molar-refractivity contribution in [1.82, 2.24) is 0 Å². The lowest BCUT2D eigenvalue weighted by Crippen LogP contribution is -2.38. The molecule has 0 radical (unpaired) electrons. The van der Waals surface area contributed by atoms with Crippen LogP contribution in [0.2, 0.25) is 0 Å². The van der Waals surface area contributed by atoms with Crippen LogP contribution in [0.4, 0.5) is 0 Å². The van der Waals surface area contributed by atoms with Crippen molar-refractivity contribution in [3.63, 3.8) is 0 Å². The Morgan fingerprint density at radius 2 is 2.26 bits per heavy atom. The summed E-state index contributed by atoms with van der Waals surface area (Å²) in [5.41, 5.74) is 0.661. The maximum absolute atomic E-state index is 12.2. The number of ether oxygens (including phenoxy) is 3. The second kappa shape index (κ2) is 5.21. The lowest BCUT2D eigenvalue weighted by atomic mass is 9.89. The first-order chi connectivity index (χ1) is 9.28. The van der Waals surface area contributed by atoms with Gasteiger partial charge in [0.05, 0.1) is 19.3 Å². The first-order valence-corrected chi connectivity index (χ1v) is 6.73. The summed E-state index contributed by atoms with van der Waals surface area (Å²) < 4.78 is 16.7. The van der Waals surface area contributed by atoms with Gasteiger partial charge in [0.2, 0.25) is 0 Å². The molecule has 2 heterocycles. The summed E-state index contributed by atoms with van der Waals surface area (Å²) in [5.74, 6) is 1.83. The van der Waals surface area contributed by atoms with Gasteiger partial charge in [-0.05, 0) is 25.0 Å². The minimum atomic E-state index is -0.0626. The molecule has 2 aliphatic rings. The van der Waals surface area contributed by atoms with Gasteiger partial charge in [0.1, 0.15) is 17.6 Å². The van der Waals surface area contributed by atoms with E-state index in [1.165, 1.54) is 0 Å². The summed E-state index contributed by atoms with van der Waals surface area (Å²) in [6.07, 6.45) is 2.50. The van der Waals surface area contributed by atoms with E-state index in [2.05, 4.69) is 0 Å². The lowest BCUT2D eigenvalue weighted by molar-refractivity contribution is -0.00369. The van der Waals surface area contributed by atoms with E-state index in [4.69, 9.17) is 14.2 Å². The van der Waals surface area contributed by atoms with Gasteiger partial charge in [0, 0.05) is 25.0 Å². The molecule has 1 aromatic rings. The zero-order valence-corrected chi connectivity index (χ0v) is 11.1. The fourth-order valence-electron chi connectivity index (χ4n) is 2.78. The Hall–Kier alpha value is -1.55. The summed E-state index contributed by atoms with van der Waals surface area (Å²) in [6.45, 7) is 1.51. The fraction of sp³-hybridized carbons (Fsp3) is 0.533. The average Bonchev–Trinajstić information content (AvgIpc) is 2.47. The maximum Gasteiger partial charge on any atom is 0.170 e. The van der Waals surface area contributed by atoms with E-state index in [0.717, 1.165) is 19.4 Å². The molecule has 1 saturated heterocycles. The van der Waals surface area contributed by atoms with Crippen molar-refractivity contribution in [2.45, 2.75) is 25.4 Å². The molecule has 1 aromatic carbocycles. The van der Waals surface area contributed by atoms with E-state index in [-0.39, 0.29) is 11.9 Å². The summed E-state index contributed by atoms with van der Waals surface area (Å²) in [4.78, 5) is 12.2. The van der Waals surface area contributed by atoms with Gasteiger partial charge >= 0.3 is 0 Å². The average molecular weight is 262 g/mol. The van der Waals surface area contributed by atoms with Gasteiger partial charge in [0.15, 0.2) is 5.78 Å². The number of methoxy groups -OCH3 is 1. The van der Waals surface area contributed by atoms with Gasteiger partial charge in [-0.25, -0.2) is 0 Å². The first kappa shape index (κ1) is 12.5. The Labute approximate surface area is 112 Å². The molecule has 2 aliphatic heterocycles. The van der Waals surface area contributed by atoms with Crippen LogP contribution in [0.15, 0.2) is 18.2 Å². The molecular formula is C15H18O4. The fourth-order valence-corrected chi connectivity index (χ4v) is 2.78. The smallest absolute Gasteiger partial charge is 0.170 e. The van der Waals surface area contributed by atoms with Gasteiger partial charge in [-0.2, -0.15) is 0 Å². The molecule has 102 valence electrons. The Morgan fingerprint density at radius 3 is 3.00 bits per heavy atom. The number of benzene rings is 1. The van der Waals surface area contributed by atoms with E-state index >= 15 is 0 Å². The van der Waals surface area contributed by atoms with Crippen molar-refractivity contribution in [2.24, 2.45) is 5.92 Å². The number of ketones is 1. The summed E-state index contributed by atoms with van der Waals surface area (Å²) in [5, 5.41) is 0. The highest BCUT2D eigenvalue weighted by Crippen LogP contribution is 2.35. The third-order valence-electron chi connectivity index (χ3n) is 3.88. The first-order valence-electron chi connectivity index (χ1n) is 6.73. The maximum atomic E-state index is 12.2. The molecule has 19 heavy (non-hydrogen) atoms. The van der Waals surface area contributed by atoms with E-state index in [1.54, 1.807) is 25.3 Å². The Morgan fingerprint density at radius 1 is 1.37 bits per heavy atom. The molecular weight excluding hydrogens is 244 g/mol. The van der Waals surface area contributed by atoms with Gasteiger partial charge in [-0.15, -0.1) is 0 Å². The molecule has 0 saturated carbocycles. The molecule has 2 atom stereocenters. The van der Waals surface area contributed by atoms with E-state index in [0.29, 0.717) is 36.0 Å². The monoisotopic (exact) mass is 262 g/mol. The zero-order valence-electron chi connectivity index (χ0n) is 11.1. The number of Topliss-reactive ketones (excluding diaryl/α,β-unsaturated/α-hetero) is 1. The molecule has 0 N–H and O–H groups in total. The van der Waals surface area contributed by atoms with Crippen LogP contribution in [0.3, 0.4) is 0 Å². The number of hydrogen-bond donors (Lipinski definition) is 0. The lowest BCUT2D eigenvalue weighted by Gasteiger charge is -2.33. The highest BCUT2D eigenvalue weighted by molar-refractivity contribution is 6.00. The third kappa shape index (κ3) is 2.45. The quantitative estimate of drug-likeness (QED) is 0.821. The Bertz CT molecular complexity index is 477. The summed E-state index contributed by atoms with van der Waals surface area (Å²) in [6, 6.07) is 5.37. The van der Waals surface area contributed by atoms with Crippen LogP contribution < -0.4 is 9.47 Å². The van der Waals surface area contributed by atoms with Crippen LogP contribution in [-0.2, 0) is 4.74 Å². The van der Waals surface area contributed by atoms with Crippen LogP contribution in [0, 0.1) is 5.92 Å². The van der Waals surface area contributed by atoms with Crippen molar-refractivity contribution < 1.29 is 19.0 Å². The van der Waals surface area contributed by atoms with E-state index in [9.17, 15) is 4.79 Å². The van der Waals surface area contributed by atoms with E-state index < -0.39 is 0 Å². The number of carbonyl (C=O) groups excluding carboxylic acids is 1. The minimum Gasteiger partial charge on any atom is -0.497 e. The third-order valence-corrected chi connectivity index (χ3v) is 3.88. The molecule has 0 aromatic heterocycles. The molecule has 1 fully saturated rings. The topological polar surface area (TPSA) is 44.8 Å². The van der Waals surface area contributed by atoms with Crippen molar-refractivity contribution in [3.05, 3.63) is 23.8 Å². The predicted octanol–water partition coefficient (Wildman–Crippen LogP) is 2.46. The van der Waals surface area contributed by atoms with E-state index in [1.807, 2.05) is 0 Å². The van der Waals surface area contributed by atoms with Crippen LogP contribution in [0.25, 0.3) is 0 Å². The van der Waals surface area contributed by atoms with Gasteiger partial charge in [0.25, 0.3) is 0 Å². The highest BCUT2D eigenvalue weighted by atomic mass is 16.5.